The van der Waals surface area contributed by atoms with Crippen molar-refractivity contribution in [2.24, 2.45) is 5.92 Å². The third kappa shape index (κ3) is 4.84. The minimum atomic E-state index is -2.81. The molecule has 1 aromatic carbocycles. The zero-order valence-corrected chi connectivity index (χ0v) is 15.8. The first-order valence-electron chi connectivity index (χ1n) is 9.36. The number of morpholine rings is 1. The predicted molar refractivity (Wildman–Crippen MR) is 102 cm³/mol. The maximum Gasteiger partial charge on any atom is 0.265 e. The van der Waals surface area contributed by atoms with E-state index in [2.05, 4.69) is 5.32 Å². The van der Waals surface area contributed by atoms with Crippen LogP contribution in [0.25, 0.3) is 5.73 Å². The van der Waals surface area contributed by atoms with Crippen molar-refractivity contribution in [1.82, 2.24) is 4.90 Å². The van der Waals surface area contributed by atoms with Crippen molar-refractivity contribution in [3.63, 3.8) is 0 Å². The molecular weight excluding hydrogens is 370 g/mol. The van der Waals surface area contributed by atoms with E-state index >= 15 is 0 Å². The summed E-state index contributed by atoms with van der Waals surface area (Å²) in [4.78, 5) is 27.8. The lowest BCUT2D eigenvalue weighted by atomic mass is 10.1. The minimum absolute atomic E-state index is 0.00253. The summed E-state index contributed by atoms with van der Waals surface area (Å²) in [6.07, 6.45) is -0.577. The molecule has 1 aliphatic heterocycles. The molecular formula is C19H25F2N4O3-. The second kappa shape index (κ2) is 8.93. The molecule has 7 nitrogen and oxygen atoms in total. The van der Waals surface area contributed by atoms with Crippen molar-refractivity contribution in [3.8, 4) is 0 Å². The number of alkyl halides is 2. The number of benzene rings is 1. The Hall–Kier alpha value is -2.10. The molecule has 3 rings (SSSR count). The molecule has 1 saturated carbocycles. The van der Waals surface area contributed by atoms with E-state index in [1.54, 1.807) is 7.05 Å². The fourth-order valence-electron chi connectivity index (χ4n) is 3.30. The Bertz CT molecular complexity index is 727. The number of nitrogens with one attached hydrogen (secondary N) is 2. The van der Waals surface area contributed by atoms with Gasteiger partial charge >= 0.3 is 0 Å². The number of halogens is 2. The molecule has 0 bridgehead atoms. The van der Waals surface area contributed by atoms with Gasteiger partial charge in [-0.15, -0.1) is 6.54 Å². The Morgan fingerprint density at radius 1 is 1.43 bits per heavy atom. The van der Waals surface area contributed by atoms with E-state index in [9.17, 15) is 18.4 Å². The highest BCUT2D eigenvalue weighted by Crippen LogP contribution is 2.33. The van der Waals surface area contributed by atoms with Crippen LogP contribution in [-0.2, 0) is 14.3 Å². The van der Waals surface area contributed by atoms with E-state index in [4.69, 9.17) is 10.5 Å². The Morgan fingerprint density at radius 2 is 2.18 bits per heavy atom. The lowest BCUT2D eigenvalue weighted by Crippen LogP contribution is -2.44. The van der Waals surface area contributed by atoms with Gasteiger partial charge in [0.25, 0.3) is 12.3 Å². The summed E-state index contributed by atoms with van der Waals surface area (Å²) in [5, 5.41) is 2.55. The summed E-state index contributed by atoms with van der Waals surface area (Å²) < 4.78 is 32.3. The first-order valence-corrected chi connectivity index (χ1v) is 9.36. The van der Waals surface area contributed by atoms with Crippen LogP contribution in [0, 0.1) is 5.92 Å². The van der Waals surface area contributed by atoms with E-state index in [0.717, 1.165) is 19.4 Å². The van der Waals surface area contributed by atoms with Crippen LogP contribution in [-0.4, -0.2) is 62.7 Å². The molecule has 2 amide bonds. The lowest BCUT2D eigenvalue weighted by molar-refractivity contribution is -0.125. The van der Waals surface area contributed by atoms with E-state index in [0.29, 0.717) is 24.8 Å². The maximum atomic E-state index is 13.6. The molecule has 0 aromatic heterocycles. The normalized spacial score (nSPS) is 18.6. The van der Waals surface area contributed by atoms with E-state index < -0.39 is 18.4 Å². The fourth-order valence-corrected chi connectivity index (χ4v) is 3.30. The van der Waals surface area contributed by atoms with Crippen LogP contribution in [0.4, 0.5) is 20.2 Å². The van der Waals surface area contributed by atoms with Gasteiger partial charge in [-0.25, -0.2) is 8.78 Å². The highest BCUT2D eigenvalue weighted by atomic mass is 19.3. The van der Waals surface area contributed by atoms with Crippen molar-refractivity contribution < 1.29 is 23.1 Å². The molecule has 1 aromatic rings. The summed E-state index contributed by atoms with van der Waals surface area (Å²) in [5.74, 6) is -0.219. The van der Waals surface area contributed by atoms with Gasteiger partial charge in [0.05, 0.1) is 12.6 Å². The van der Waals surface area contributed by atoms with Gasteiger partial charge in [0.15, 0.2) is 0 Å². The molecule has 28 heavy (non-hydrogen) atoms. The molecule has 0 radical (unpaired) electrons. The molecule has 2 N–H and O–H groups in total. The summed E-state index contributed by atoms with van der Waals surface area (Å²) in [6.45, 7) is 1.12. The summed E-state index contributed by atoms with van der Waals surface area (Å²) in [6, 6.07) is 3.45. The molecule has 1 heterocycles. The lowest BCUT2D eigenvalue weighted by Gasteiger charge is -2.30. The Morgan fingerprint density at radius 3 is 2.79 bits per heavy atom. The fraction of sp³-hybridized carbons (Fsp3) is 0.579. The van der Waals surface area contributed by atoms with Gasteiger partial charge in [-0.1, -0.05) is 0 Å². The zero-order chi connectivity index (χ0) is 20.3. The van der Waals surface area contributed by atoms with Gasteiger partial charge in [-0.2, -0.15) is 0 Å². The Balaban J connectivity index is 1.76. The monoisotopic (exact) mass is 395 g/mol. The second-order valence-corrected chi connectivity index (χ2v) is 7.26. The highest BCUT2D eigenvalue weighted by molar-refractivity contribution is 5.98. The van der Waals surface area contributed by atoms with Crippen molar-refractivity contribution >= 4 is 23.2 Å². The van der Waals surface area contributed by atoms with E-state index in [1.165, 1.54) is 23.1 Å². The van der Waals surface area contributed by atoms with Gasteiger partial charge < -0.3 is 20.7 Å². The van der Waals surface area contributed by atoms with E-state index in [-0.39, 0.29) is 30.3 Å². The number of carbonyl (C=O) groups is 2. The van der Waals surface area contributed by atoms with Crippen molar-refractivity contribution in [3.05, 3.63) is 29.5 Å². The SMILES string of the molecule is CN(CC1CC1)[C@H](C[NH-])C(=O)Nc1ccc(N2CCOCC2=O)cc1C(F)F. The van der Waals surface area contributed by atoms with E-state index in [1.807, 2.05) is 4.90 Å². The van der Waals surface area contributed by atoms with Crippen LogP contribution in [0.15, 0.2) is 18.2 Å². The number of amides is 2. The number of hydrogen-bond acceptors (Lipinski definition) is 4. The smallest absolute Gasteiger partial charge is 0.265 e. The summed E-state index contributed by atoms with van der Waals surface area (Å²) >= 11 is 0. The first kappa shape index (κ1) is 20.6. The van der Waals surface area contributed by atoms with Crippen LogP contribution in [0.1, 0.15) is 24.8 Å². The Kier molecular flexibility index (Phi) is 6.58. The van der Waals surface area contributed by atoms with Gasteiger partial charge in [0.1, 0.15) is 6.61 Å². The average molecular weight is 395 g/mol. The number of rotatable bonds is 8. The maximum absolute atomic E-state index is 13.6. The summed E-state index contributed by atoms with van der Waals surface area (Å²) in [5.41, 5.74) is 7.68. The number of anilines is 2. The largest absolute Gasteiger partial charge is 0.676 e. The zero-order valence-electron chi connectivity index (χ0n) is 15.8. The van der Waals surface area contributed by atoms with Crippen LogP contribution in [0.2, 0.25) is 0 Å². The van der Waals surface area contributed by atoms with Gasteiger partial charge in [-0.3, -0.25) is 14.5 Å². The van der Waals surface area contributed by atoms with Crippen molar-refractivity contribution in [2.45, 2.75) is 25.3 Å². The predicted octanol–water partition coefficient (Wildman–Crippen LogP) is 2.69. The molecule has 1 atom stereocenters. The highest BCUT2D eigenvalue weighted by Gasteiger charge is 2.28. The van der Waals surface area contributed by atoms with Gasteiger partial charge in [0.2, 0.25) is 5.91 Å². The topological polar surface area (TPSA) is 85.7 Å². The Labute approximate surface area is 162 Å². The summed E-state index contributed by atoms with van der Waals surface area (Å²) in [7, 11) is 1.78. The molecule has 0 unspecified atom stereocenters. The van der Waals surface area contributed by atoms with Crippen LogP contribution < -0.4 is 10.2 Å². The molecule has 154 valence electrons. The van der Waals surface area contributed by atoms with Gasteiger partial charge in [-0.05, 0) is 44.0 Å². The number of likely N-dealkylation sites (N-methyl/N-ethyl adjacent to an activating group) is 1. The van der Waals surface area contributed by atoms with Crippen LogP contribution in [0.5, 0.6) is 0 Å². The number of nitrogens with zero attached hydrogens (tertiary/aromatic N) is 2. The standard InChI is InChI=1S/C19H25F2N4O3/c1-24(10-12-2-3-12)16(9-22)19(27)23-15-5-4-13(8-14(15)18(20)21)25-6-7-28-11-17(25)26/h4-5,8,12,16,18,22H,2-3,6-7,9-11H2,1H3,(H,23,27)/q-1/t16-/m1/s1. The van der Waals surface area contributed by atoms with Crippen molar-refractivity contribution in [2.75, 3.05) is 50.1 Å². The van der Waals surface area contributed by atoms with Crippen molar-refractivity contribution in [1.29, 1.82) is 0 Å². The third-order valence-corrected chi connectivity index (χ3v) is 5.10. The molecule has 1 aliphatic carbocycles. The molecule has 1 saturated heterocycles. The van der Waals surface area contributed by atoms with Crippen LogP contribution >= 0.6 is 0 Å². The number of carbonyl (C=O) groups excluding carboxylic acids is 2. The molecule has 2 aliphatic rings. The number of hydrogen-bond donors (Lipinski definition) is 1. The molecule has 9 heteroatoms. The van der Waals surface area contributed by atoms with Gasteiger partial charge in [0, 0.05) is 30.0 Å². The first-order chi connectivity index (χ1) is 13.4. The van der Waals surface area contributed by atoms with Crippen LogP contribution in [0.3, 0.4) is 0 Å². The third-order valence-electron chi connectivity index (χ3n) is 5.10. The number of ether oxygens (including phenoxy) is 1. The average Bonchev–Trinajstić information content (AvgIpc) is 3.47. The second-order valence-electron chi connectivity index (χ2n) is 7.26. The molecule has 2 fully saturated rings. The minimum Gasteiger partial charge on any atom is -0.676 e. The quantitative estimate of drug-likeness (QED) is 0.733. The molecule has 0 spiro atoms.